The molecule has 1 fully saturated rings. The fourth-order valence-electron chi connectivity index (χ4n) is 4.06. The van der Waals surface area contributed by atoms with Crippen molar-refractivity contribution in [2.45, 2.75) is 45.1 Å². The minimum Gasteiger partial charge on any atom is -0.370 e. The van der Waals surface area contributed by atoms with Gasteiger partial charge in [0.25, 0.3) is 5.91 Å². The molecule has 4 rings (SSSR count). The van der Waals surface area contributed by atoms with E-state index >= 15 is 0 Å². The SMILES string of the molecule is Cc1ccc2nc(NC(=O)c3ccc(Cl)cc3)nc(N(C(=N)N)C3CCCCC3)c2c1.Cl.Cl. The van der Waals surface area contributed by atoms with Crippen molar-refractivity contribution in [3.8, 4) is 0 Å². The third kappa shape index (κ3) is 6.05. The molecule has 3 aromatic rings. The van der Waals surface area contributed by atoms with Crippen LogP contribution in [0.1, 0.15) is 48.0 Å². The molecule has 0 aliphatic heterocycles. The van der Waals surface area contributed by atoms with Gasteiger partial charge in [0.05, 0.1) is 5.52 Å². The monoisotopic (exact) mass is 508 g/mol. The van der Waals surface area contributed by atoms with Crippen LogP contribution < -0.4 is 16.0 Å². The molecule has 0 saturated heterocycles. The van der Waals surface area contributed by atoms with Gasteiger partial charge >= 0.3 is 0 Å². The van der Waals surface area contributed by atoms with E-state index in [9.17, 15) is 4.79 Å². The Morgan fingerprint density at radius 2 is 1.76 bits per heavy atom. The van der Waals surface area contributed by atoms with Gasteiger partial charge in [0.15, 0.2) is 5.96 Å². The average Bonchev–Trinajstić information content (AvgIpc) is 2.75. The molecular formula is C23H27Cl3N6O. The van der Waals surface area contributed by atoms with Crippen LogP contribution >= 0.6 is 36.4 Å². The summed E-state index contributed by atoms with van der Waals surface area (Å²) in [6.07, 6.45) is 5.27. The zero-order valence-electron chi connectivity index (χ0n) is 18.2. The van der Waals surface area contributed by atoms with Gasteiger partial charge < -0.3 is 5.73 Å². The van der Waals surface area contributed by atoms with Crippen molar-refractivity contribution in [3.63, 3.8) is 0 Å². The number of carbonyl (C=O) groups is 1. The number of rotatable bonds is 4. The Hall–Kier alpha value is -2.61. The average molecular weight is 510 g/mol. The first kappa shape index (κ1) is 26.6. The number of aryl methyl sites for hydroxylation is 1. The summed E-state index contributed by atoms with van der Waals surface area (Å²) in [5, 5.41) is 12.4. The van der Waals surface area contributed by atoms with Gasteiger partial charge in [-0.25, -0.2) is 4.98 Å². The molecule has 0 radical (unpaired) electrons. The molecule has 1 saturated carbocycles. The van der Waals surface area contributed by atoms with Crippen molar-refractivity contribution in [1.82, 2.24) is 9.97 Å². The van der Waals surface area contributed by atoms with Crippen LogP contribution in [0.3, 0.4) is 0 Å². The Bertz CT molecular complexity index is 1130. The minimum atomic E-state index is -0.332. The predicted octanol–water partition coefficient (Wildman–Crippen LogP) is 5.72. The highest BCUT2D eigenvalue weighted by Crippen LogP contribution is 2.32. The molecule has 10 heteroatoms. The molecule has 1 heterocycles. The Balaban J connectivity index is 0.00000193. The van der Waals surface area contributed by atoms with Crippen LogP contribution in [0.5, 0.6) is 0 Å². The highest BCUT2D eigenvalue weighted by Gasteiger charge is 2.27. The lowest BCUT2D eigenvalue weighted by Gasteiger charge is -2.34. The zero-order valence-corrected chi connectivity index (χ0v) is 20.6. The third-order valence-electron chi connectivity index (χ3n) is 5.59. The topological polar surface area (TPSA) is 108 Å². The van der Waals surface area contributed by atoms with Crippen molar-refractivity contribution in [2.24, 2.45) is 5.73 Å². The second kappa shape index (κ2) is 11.5. The van der Waals surface area contributed by atoms with E-state index in [1.165, 1.54) is 6.42 Å². The van der Waals surface area contributed by atoms with E-state index in [4.69, 9.17) is 22.7 Å². The smallest absolute Gasteiger partial charge is 0.258 e. The Kier molecular flexibility index (Phi) is 9.28. The number of nitrogens with one attached hydrogen (secondary N) is 2. The molecule has 7 nitrogen and oxygen atoms in total. The number of guanidine groups is 1. The third-order valence-corrected chi connectivity index (χ3v) is 5.84. The van der Waals surface area contributed by atoms with Crippen LogP contribution in [-0.2, 0) is 0 Å². The molecule has 2 aromatic carbocycles. The lowest BCUT2D eigenvalue weighted by Crippen LogP contribution is -2.46. The number of halogens is 3. The number of hydrogen-bond acceptors (Lipinski definition) is 4. The fourth-order valence-corrected chi connectivity index (χ4v) is 4.19. The van der Waals surface area contributed by atoms with Crippen LogP contribution in [0.4, 0.5) is 11.8 Å². The van der Waals surface area contributed by atoms with Gasteiger partial charge in [0.2, 0.25) is 5.95 Å². The maximum atomic E-state index is 12.7. The number of nitrogens with two attached hydrogens (primary N) is 1. The van der Waals surface area contributed by atoms with E-state index in [0.717, 1.165) is 36.6 Å². The molecule has 0 bridgehead atoms. The van der Waals surface area contributed by atoms with Crippen LogP contribution in [0, 0.1) is 12.3 Å². The fraction of sp³-hybridized carbons (Fsp3) is 0.304. The Labute approximate surface area is 210 Å². The number of amides is 1. The Morgan fingerprint density at radius 3 is 2.39 bits per heavy atom. The molecule has 4 N–H and O–H groups in total. The maximum Gasteiger partial charge on any atom is 0.258 e. The van der Waals surface area contributed by atoms with Gasteiger partial charge in [0.1, 0.15) is 5.82 Å². The molecule has 176 valence electrons. The summed E-state index contributed by atoms with van der Waals surface area (Å²) in [6.45, 7) is 2.00. The molecular weight excluding hydrogens is 483 g/mol. The highest BCUT2D eigenvalue weighted by atomic mass is 35.5. The molecule has 1 aliphatic carbocycles. The first-order valence-corrected chi connectivity index (χ1v) is 10.8. The zero-order chi connectivity index (χ0) is 22.0. The number of carbonyl (C=O) groups excluding carboxylic acids is 1. The van der Waals surface area contributed by atoms with Crippen molar-refractivity contribution >= 4 is 71.0 Å². The van der Waals surface area contributed by atoms with Crippen LogP contribution in [0.15, 0.2) is 42.5 Å². The van der Waals surface area contributed by atoms with Gasteiger partial charge in [-0.05, 0) is 56.2 Å². The van der Waals surface area contributed by atoms with Crippen molar-refractivity contribution < 1.29 is 4.79 Å². The van der Waals surface area contributed by atoms with Gasteiger partial charge in [-0.2, -0.15) is 4.98 Å². The van der Waals surface area contributed by atoms with E-state index in [1.807, 2.05) is 25.1 Å². The summed E-state index contributed by atoms with van der Waals surface area (Å²) in [4.78, 5) is 23.7. The number of anilines is 2. The van der Waals surface area contributed by atoms with E-state index in [-0.39, 0.29) is 48.7 Å². The normalized spacial score (nSPS) is 13.5. The maximum absolute atomic E-state index is 12.7. The largest absolute Gasteiger partial charge is 0.370 e. The molecule has 0 spiro atoms. The second-order valence-electron chi connectivity index (χ2n) is 7.90. The first-order valence-electron chi connectivity index (χ1n) is 10.4. The Morgan fingerprint density at radius 1 is 1.09 bits per heavy atom. The van der Waals surface area contributed by atoms with Gasteiger partial charge in [-0.15, -0.1) is 24.8 Å². The van der Waals surface area contributed by atoms with Crippen LogP contribution in [-0.4, -0.2) is 27.9 Å². The molecule has 0 atom stereocenters. The molecule has 0 unspecified atom stereocenters. The van der Waals surface area contributed by atoms with E-state index in [2.05, 4.69) is 15.3 Å². The lowest BCUT2D eigenvalue weighted by molar-refractivity contribution is 0.102. The second-order valence-corrected chi connectivity index (χ2v) is 8.34. The number of nitrogens with zero attached hydrogens (tertiary/aromatic N) is 3. The molecule has 1 aliphatic rings. The summed E-state index contributed by atoms with van der Waals surface area (Å²) in [7, 11) is 0. The quantitative estimate of drug-likeness (QED) is 0.308. The summed E-state index contributed by atoms with van der Waals surface area (Å²) < 4.78 is 0. The number of benzene rings is 2. The summed E-state index contributed by atoms with van der Waals surface area (Å²) in [5.41, 5.74) is 8.23. The lowest BCUT2D eigenvalue weighted by atomic mass is 9.94. The summed E-state index contributed by atoms with van der Waals surface area (Å²) >= 11 is 5.92. The van der Waals surface area contributed by atoms with Crippen molar-refractivity contribution in [2.75, 3.05) is 10.2 Å². The number of aromatic nitrogens is 2. The number of hydrogen-bond donors (Lipinski definition) is 3. The minimum absolute atomic E-state index is 0. The van der Waals surface area contributed by atoms with Crippen molar-refractivity contribution in [1.29, 1.82) is 5.41 Å². The van der Waals surface area contributed by atoms with E-state index in [1.54, 1.807) is 29.2 Å². The summed E-state index contributed by atoms with van der Waals surface area (Å²) in [5.74, 6) is 0.345. The van der Waals surface area contributed by atoms with Crippen LogP contribution in [0.25, 0.3) is 10.9 Å². The van der Waals surface area contributed by atoms with Gasteiger partial charge in [-0.3, -0.25) is 20.4 Å². The number of fused-ring (bicyclic) bond motifs is 1. The highest BCUT2D eigenvalue weighted by molar-refractivity contribution is 6.30. The van der Waals surface area contributed by atoms with Gasteiger partial charge in [0, 0.05) is 22.0 Å². The molecule has 1 amide bonds. The van der Waals surface area contributed by atoms with Crippen LogP contribution in [0.2, 0.25) is 5.02 Å². The molecule has 1 aromatic heterocycles. The van der Waals surface area contributed by atoms with Crippen molar-refractivity contribution in [3.05, 3.63) is 58.6 Å². The standard InChI is InChI=1S/C23H25ClN6O.2ClH/c1-14-7-12-19-18(13-14)20(30(22(25)26)17-5-3-2-4-6-17)28-23(27-19)29-21(31)15-8-10-16(24)11-9-15;;/h7-13,17H,2-6H2,1H3,(H3,25,26)(H,27,28,29,31);2*1H. The molecule has 33 heavy (non-hydrogen) atoms. The van der Waals surface area contributed by atoms with E-state index in [0.29, 0.717) is 21.9 Å². The van der Waals surface area contributed by atoms with E-state index < -0.39 is 0 Å². The summed E-state index contributed by atoms with van der Waals surface area (Å²) in [6, 6.07) is 12.6. The first-order chi connectivity index (χ1) is 14.9. The predicted molar refractivity (Wildman–Crippen MR) is 139 cm³/mol. The van der Waals surface area contributed by atoms with Gasteiger partial charge in [-0.1, -0.05) is 42.5 Å².